The first kappa shape index (κ1) is 7.97. The van der Waals surface area contributed by atoms with Crippen LogP contribution >= 0.6 is 0 Å². The van der Waals surface area contributed by atoms with Crippen LogP contribution in [0.3, 0.4) is 0 Å². The summed E-state index contributed by atoms with van der Waals surface area (Å²) < 4.78 is 0. The highest BCUT2D eigenvalue weighted by Crippen LogP contribution is 2.07. The summed E-state index contributed by atoms with van der Waals surface area (Å²) in [6.07, 6.45) is 1.52. The largest absolute Gasteiger partial charge is 0.397 e. The van der Waals surface area contributed by atoms with Crippen LogP contribution in [0.4, 0.5) is 5.69 Å². The molecule has 0 saturated carbocycles. The second kappa shape index (κ2) is 3.32. The van der Waals surface area contributed by atoms with Crippen LogP contribution in [0.5, 0.6) is 0 Å². The molecule has 1 rings (SSSR count). The van der Waals surface area contributed by atoms with Crippen LogP contribution in [0, 0.1) is 0 Å². The van der Waals surface area contributed by atoms with Gasteiger partial charge in [-0.1, -0.05) is 0 Å². The summed E-state index contributed by atoms with van der Waals surface area (Å²) in [6.45, 7) is -0.100. The highest BCUT2D eigenvalue weighted by Gasteiger charge is 2.03. The summed E-state index contributed by atoms with van der Waals surface area (Å²) in [5.74, 6) is 0. The van der Waals surface area contributed by atoms with Crippen LogP contribution in [0.2, 0.25) is 0 Å². The molecule has 1 heterocycles. The number of nitrogen functional groups attached to an aromatic ring is 1. The van der Waals surface area contributed by atoms with Gasteiger partial charge in [0.25, 0.3) is 0 Å². The fourth-order valence-electron chi connectivity index (χ4n) is 0.730. The summed E-state index contributed by atoms with van der Waals surface area (Å²) in [6, 6.07) is 3.00. The maximum absolute atomic E-state index is 8.66. The Labute approximate surface area is 64.9 Å². The fourth-order valence-corrected chi connectivity index (χ4v) is 0.730. The second-order valence-electron chi connectivity index (χ2n) is 2.31. The number of aromatic nitrogens is 1. The molecule has 1 atom stereocenters. The van der Waals surface area contributed by atoms with Crippen molar-refractivity contribution in [2.24, 2.45) is 5.73 Å². The number of pyridine rings is 1. The first-order chi connectivity index (χ1) is 5.24. The summed E-state index contributed by atoms with van der Waals surface area (Å²) in [7, 11) is 0. The molecule has 0 aliphatic rings. The van der Waals surface area contributed by atoms with Crippen LogP contribution in [0.1, 0.15) is 11.7 Å². The van der Waals surface area contributed by atoms with Crippen molar-refractivity contribution in [1.82, 2.24) is 4.98 Å². The lowest BCUT2D eigenvalue weighted by Gasteiger charge is -2.06. The Morgan fingerprint density at radius 2 is 2.27 bits per heavy atom. The van der Waals surface area contributed by atoms with Crippen molar-refractivity contribution in [3.05, 3.63) is 24.0 Å². The van der Waals surface area contributed by atoms with Crippen LogP contribution in [0.25, 0.3) is 0 Å². The topological polar surface area (TPSA) is 85.2 Å². The highest BCUT2D eigenvalue weighted by molar-refractivity contribution is 5.35. The number of hydrogen-bond acceptors (Lipinski definition) is 4. The second-order valence-corrected chi connectivity index (χ2v) is 2.31. The van der Waals surface area contributed by atoms with Gasteiger partial charge in [0.1, 0.15) is 0 Å². The molecule has 0 aromatic carbocycles. The van der Waals surface area contributed by atoms with E-state index in [2.05, 4.69) is 4.98 Å². The van der Waals surface area contributed by atoms with Gasteiger partial charge in [0.15, 0.2) is 0 Å². The first-order valence-corrected chi connectivity index (χ1v) is 3.32. The molecule has 4 nitrogen and oxygen atoms in total. The molecule has 0 fully saturated rings. The van der Waals surface area contributed by atoms with E-state index in [9.17, 15) is 0 Å². The zero-order valence-corrected chi connectivity index (χ0v) is 6.07. The minimum atomic E-state index is -0.407. The van der Waals surface area contributed by atoms with Crippen molar-refractivity contribution in [2.75, 3.05) is 12.3 Å². The van der Waals surface area contributed by atoms with Gasteiger partial charge >= 0.3 is 0 Å². The lowest BCUT2D eigenvalue weighted by Crippen LogP contribution is -2.15. The number of aliphatic hydroxyl groups excluding tert-OH is 1. The molecule has 0 bridgehead atoms. The van der Waals surface area contributed by atoms with E-state index in [-0.39, 0.29) is 6.61 Å². The average Bonchev–Trinajstić information content (AvgIpc) is 2.05. The number of rotatable bonds is 2. The molecule has 0 amide bonds. The third-order valence-electron chi connectivity index (χ3n) is 1.39. The number of nitrogens with two attached hydrogens (primary N) is 2. The Morgan fingerprint density at radius 1 is 1.55 bits per heavy atom. The van der Waals surface area contributed by atoms with E-state index in [1.54, 1.807) is 12.1 Å². The predicted molar refractivity (Wildman–Crippen MR) is 42.7 cm³/mol. The van der Waals surface area contributed by atoms with Gasteiger partial charge in [-0.05, 0) is 12.1 Å². The minimum Gasteiger partial charge on any atom is -0.397 e. The van der Waals surface area contributed by atoms with Crippen molar-refractivity contribution >= 4 is 5.69 Å². The summed E-state index contributed by atoms with van der Waals surface area (Å²) in [5, 5.41) is 8.66. The Morgan fingerprint density at radius 3 is 2.73 bits per heavy atom. The molecule has 0 aliphatic heterocycles. The van der Waals surface area contributed by atoms with Crippen molar-refractivity contribution in [2.45, 2.75) is 6.04 Å². The van der Waals surface area contributed by atoms with E-state index in [0.29, 0.717) is 11.4 Å². The number of anilines is 1. The normalized spacial score (nSPS) is 12.9. The third-order valence-corrected chi connectivity index (χ3v) is 1.39. The van der Waals surface area contributed by atoms with Crippen molar-refractivity contribution < 1.29 is 5.11 Å². The smallest absolute Gasteiger partial charge is 0.0705 e. The maximum Gasteiger partial charge on any atom is 0.0705 e. The van der Waals surface area contributed by atoms with Gasteiger partial charge in [-0.15, -0.1) is 0 Å². The molecule has 1 aromatic rings. The SMILES string of the molecule is Nc1ccc([C@H](N)CO)nc1. The van der Waals surface area contributed by atoms with E-state index in [4.69, 9.17) is 16.6 Å². The standard InChI is InChI=1S/C7H11N3O/c8-5-1-2-7(10-3-5)6(9)4-11/h1-3,6,11H,4,8-9H2/t6-/m1/s1. The molecule has 5 N–H and O–H groups in total. The fraction of sp³-hybridized carbons (Fsp3) is 0.286. The van der Waals surface area contributed by atoms with Gasteiger partial charge in [-0.3, -0.25) is 4.98 Å². The molecule has 0 unspecified atom stereocenters. The zero-order chi connectivity index (χ0) is 8.27. The van der Waals surface area contributed by atoms with Gasteiger partial charge in [0, 0.05) is 0 Å². The quantitative estimate of drug-likeness (QED) is 0.542. The van der Waals surface area contributed by atoms with Crippen LogP contribution in [-0.2, 0) is 0 Å². The molecule has 0 spiro atoms. The maximum atomic E-state index is 8.66. The molecule has 0 aliphatic carbocycles. The van der Waals surface area contributed by atoms with Crippen molar-refractivity contribution in [3.8, 4) is 0 Å². The minimum absolute atomic E-state index is 0.100. The number of aliphatic hydroxyl groups is 1. The lowest BCUT2D eigenvalue weighted by atomic mass is 10.2. The summed E-state index contributed by atoms with van der Waals surface area (Å²) in [5.41, 5.74) is 12.1. The molecular weight excluding hydrogens is 142 g/mol. The molecule has 60 valence electrons. The van der Waals surface area contributed by atoms with Crippen LogP contribution in [-0.4, -0.2) is 16.7 Å². The monoisotopic (exact) mass is 153 g/mol. The Hall–Kier alpha value is -1.13. The Kier molecular flexibility index (Phi) is 2.40. The molecule has 4 heteroatoms. The number of hydrogen-bond donors (Lipinski definition) is 3. The van der Waals surface area contributed by atoms with E-state index < -0.39 is 6.04 Å². The highest BCUT2D eigenvalue weighted by atomic mass is 16.3. The van der Waals surface area contributed by atoms with E-state index in [1.807, 2.05) is 0 Å². The predicted octanol–water partition coefficient (Wildman–Crippen LogP) is -0.344. The van der Waals surface area contributed by atoms with Crippen LogP contribution in [0.15, 0.2) is 18.3 Å². The molecule has 0 radical (unpaired) electrons. The average molecular weight is 153 g/mol. The van der Waals surface area contributed by atoms with Gasteiger partial charge < -0.3 is 16.6 Å². The Bertz CT molecular complexity index is 222. The molecule has 1 aromatic heterocycles. The van der Waals surface area contributed by atoms with E-state index in [1.165, 1.54) is 6.20 Å². The first-order valence-electron chi connectivity index (χ1n) is 3.32. The van der Waals surface area contributed by atoms with Gasteiger partial charge in [-0.25, -0.2) is 0 Å². The van der Waals surface area contributed by atoms with E-state index >= 15 is 0 Å². The molecule has 11 heavy (non-hydrogen) atoms. The zero-order valence-electron chi connectivity index (χ0n) is 6.07. The molecular formula is C7H11N3O. The van der Waals surface area contributed by atoms with Crippen molar-refractivity contribution in [1.29, 1.82) is 0 Å². The van der Waals surface area contributed by atoms with E-state index in [0.717, 1.165) is 0 Å². The summed E-state index contributed by atoms with van der Waals surface area (Å²) in [4.78, 5) is 3.94. The van der Waals surface area contributed by atoms with Gasteiger partial charge in [0.2, 0.25) is 0 Å². The van der Waals surface area contributed by atoms with Crippen molar-refractivity contribution in [3.63, 3.8) is 0 Å². The number of nitrogens with zero attached hydrogens (tertiary/aromatic N) is 1. The lowest BCUT2D eigenvalue weighted by molar-refractivity contribution is 0.266. The van der Waals surface area contributed by atoms with Gasteiger partial charge in [0.05, 0.1) is 30.2 Å². The van der Waals surface area contributed by atoms with Crippen LogP contribution < -0.4 is 11.5 Å². The Balaban J connectivity index is 2.81. The van der Waals surface area contributed by atoms with Gasteiger partial charge in [-0.2, -0.15) is 0 Å². The third kappa shape index (κ3) is 1.89. The molecule has 0 saturated heterocycles. The summed E-state index contributed by atoms with van der Waals surface area (Å²) >= 11 is 0.